The van der Waals surface area contributed by atoms with Crippen LogP contribution in [0.4, 0.5) is 0 Å². The van der Waals surface area contributed by atoms with Gasteiger partial charge in [0.1, 0.15) is 0 Å². The lowest BCUT2D eigenvalue weighted by Gasteiger charge is -2.23. The largest absolute Gasteiger partial charge is 0.512 e. The van der Waals surface area contributed by atoms with Crippen LogP contribution < -0.4 is 0 Å². The van der Waals surface area contributed by atoms with Crippen LogP contribution in [0.3, 0.4) is 0 Å². The van der Waals surface area contributed by atoms with Crippen LogP contribution >= 0.6 is 0 Å². The van der Waals surface area contributed by atoms with E-state index in [1.807, 2.05) is 0 Å². The monoisotopic (exact) mass is 230 g/mol. The summed E-state index contributed by atoms with van der Waals surface area (Å²) in [4.78, 5) is 11.5. The molecule has 2 heteroatoms. The Bertz CT molecular complexity index is 475. The van der Waals surface area contributed by atoms with E-state index in [1.54, 1.807) is 0 Å². The highest BCUT2D eigenvalue weighted by molar-refractivity contribution is 5.91. The maximum atomic E-state index is 11.5. The lowest BCUT2D eigenvalue weighted by molar-refractivity contribution is -0.115. The third-order valence-corrected chi connectivity index (χ3v) is 3.38. The average Bonchev–Trinajstić information content (AvgIpc) is 2.13. The molecule has 1 atom stereocenters. The van der Waals surface area contributed by atoms with Gasteiger partial charge in [0, 0.05) is 18.9 Å². The molecule has 0 unspecified atom stereocenters. The van der Waals surface area contributed by atoms with E-state index in [9.17, 15) is 9.90 Å². The van der Waals surface area contributed by atoms with Gasteiger partial charge < -0.3 is 5.11 Å². The molecule has 0 amide bonds. The van der Waals surface area contributed by atoms with Gasteiger partial charge in [0.2, 0.25) is 0 Å². The summed E-state index contributed by atoms with van der Waals surface area (Å²) in [6.07, 6.45) is 2.45. The van der Waals surface area contributed by atoms with Crippen molar-refractivity contribution in [3.8, 4) is 0 Å². The van der Waals surface area contributed by atoms with Gasteiger partial charge in [-0.25, -0.2) is 0 Å². The smallest absolute Gasteiger partial charge is 0.159 e. The van der Waals surface area contributed by atoms with Gasteiger partial charge in [0.25, 0.3) is 0 Å². The molecule has 0 spiro atoms. The SMILES string of the molecule is Cc1cc(C)c([C@@H]2CC(=O)C=C(O)C2)c(C)c1. The third kappa shape index (κ3) is 2.41. The predicted octanol–water partition coefficient (Wildman–Crippen LogP) is 3.50. The number of aliphatic hydroxyl groups excluding tert-OH is 1. The van der Waals surface area contributed by atoms with Crippen molar-refractivity contribution in [1.82, 2.24) is 0 Å². The topological polar surface area (TPSA) is 37.3 Å². The first kappa shape index (κ1) is 11.9. The molecule has 2 rings (SSSR count). The standard InChI is InChI=1S/C15H18O2/c1-9-4-10(2)15(11(3)5-9)12-6-13(16)8-14(17)7-12/h4-5,8,12,16H,6-7H2,1-3H3/t12-/m0/s1. The summed E-state index contributed by atoms with van der Waals surface area (Å²) in [5.41, 5.74) is 4.90. The van der Waals surface area contributed by atoms with Gasteiger partial charge >= 0.3 is 0 Å². The number of allylic oxidation sites excluding steroid dienone is 2. The van der Waals surface area contributed by atoms with Crippen LogP contribution in [-0.2, 0) is 4.79 Å². The van der Waals surface area contributed by atoms with Gasteiger partial charge in [0.15, 0.2) is 5.78 Å². The molecule has 0 radical (unpaired) electrons. The Morgan fingerprint density at radius 2 is 1.71 bits per heavy atom. The van der Waals surface area contributed by atoms with Crippen molar-refractivity contribution >= 4 is 5.78 Å². The first-order valence-corrected chi connectivity index (χ1v) is 5.97. The number of carbonyl (C=O) groups is 1. The van der Waals surface area contributed by atoms with Crippen molar-refractivity contribution in [3.05, 3.63) is 46.2 Å². The van der Waals surface area contributed by atoms with Crippen LogP contribution in [-0.4, -0.2) is 10.9 Å². The molecule has 2 nitrogen and oxygen atoms in total. The van der Waals surface area contributed by atoms with E-state index in [0.717, 1.165) is 0 Å². The minimum Gasteiger partial charge on any atom is -0.512 e. The zero-order valence-corrected chi connectivity index (χ0v) is 10.6. The fourth-order valence-corrected chi connectivity index (χ4v) is 2.91. The molecule has 90 valence electrons. The highest BCUT2D eigenvalue weighted by atomic mass is 16.3. The lowest BCUT2D eigenvalue weighted by atomic mass is 9.81. The summed E-state index contributed by atoms with van der Waals surface area (Å²) < 4.78 is 0. The van der Waals surface area contributed by atoms with Crippen molar-refractivity contribution in [1.29, 1.82) is 0 Å². The summed E-state index contributed by atoms with van der Waals surface area (Å²) in [5, 5.41) is 9.59. The van der Waals surface area contributed by atoms with Gasteiger partial charge in [0.05, 0.1) is 5.76 Å². The van der Waals surface area contributed by atoms with E-state index in [0.29, 0.717) is 12.8 Å². The number of rotatable bonds is 1. The van der Waals surface area contributed by atoms with Gasteiger partial charge in [-0.3, -0.25) is 4.79 Å². The molecule has 0 bridgehead atoms. The molecule has 17 heavy (non-hydrogen) atoms. The molecular formula is C15H18O2. The fraction of sp³-hybridized carbons (Fsp3) is 0.400. The summed E-state index contributed by atoms with van der Waals surface area (Å²) in [7, 11) is 0. The number of benzene rings is 1. The van der Waals surface area contributed by atoms with E-state index in [4.69, 9.17) is 0 Å². The molecule has 1 aromatic rings. The molecule has 0 aliphatic heterocycles. The minimum atomic E-state index is 0.0260. The molecule has 0 saturated carbocycles. The van der Waals surface area contributed by atoms with Crippen LogP contribution in [0.25, 0.3) is 0 Å². The van der Waals surface area contributed by atoms with Crippen LogP contribution in [0.2, 0.25) is 0 Å². The summed E-state index contributed by atoms with van der Waals surface area (Å²) in [6, 6.07) is 4.28. The molecule has 1 aromatic carbocycles. The van der Waals surface area contributed by atoms with Gasteiger partial charge in [-0.2, -0.15) is 0 Å². The number of aryl methyl sites for hydroxylation is 3. The average molecular weight is 230 g/mol. The molecule has 1 aliphatic rings. The molecule has 1 N–H and O–H groups in total. The van der Waals surface area contributed by atoms with Crippen molar-refractivity contribution < 1.29 is 9.90 Å². The number of carbonyl (C=O) groups excluding carboxylic acids is 1. The van der Waals surface area contributed by atoms with Gasteiger partial charge in [-0.05, 0) is 43.4 Å². The zero-order chi connectivity index (χ0) is 12.6. The van der Waals surface area contributed by atoms with E-state index in [2.05, 4.69) is 32.9 Å². The second kappa shape index (κ2) is 4.36. The molecular weight excluding hydrogens is 212 g/mol. The second-order valence-electron chi connectivity index (χ2n) is 5.02. The maximum Gasteiger partial charge on any atom is 0.159 e. The maximum absolute atomic E-state index is 11.5. The van der Waals surface area contributed by atoms with E-state index in [-0.39, 0.29) is 17.5 Å². The van der Waals surface area contributed by atoms with Crippen LogP contribution in [0.1, 0.15) is 41.0 Å². The molecule has 0 fully saturated rings. The number of hydrogen-bond donors (Lipinski definition) is 1. The predicted molar refractivity (Wildman–Crippen MR) is 68.3 cm³/mol. The van der Waals surface area contributed by atoms with Crippen molar-refractivity contribution in [2.45, 2.75) is 39.5 Å². The van der Waals surface area contributed by atoms with E-state index >= 15 is 0 Å². The first-order chi connectivity index (χ1) is 7.97. The number of ketones is 1. The van der Waals surface area contributed by atoms with E-state index in [1.165, 1.54) is 28.3 Å². The lowest BCUT2D eigenvalue weighted by Crippen LogP contribution is -2.14. The Labute approximate surface area is 102 Å². The van der Waals surface area contributed by atoms with Crippen LogP contribution in [0.5, 0.6) is 0 Å². The third-order valence-electron chi connectivity index (χ3n) is 3.38. The summed E-state index contributed by atoms with van der Waals surface area (Å²) in [5.74, 6) is 0.372. The van der Waals surface area contributed by atoms with Gasteiger partial charge in [-0.15, -0.1) is 0 Å². The second-order valence-corrected chi connectivity index (χ2v) is 5.02. The Kier molecular flexibility index (Phi) is 3.05. The van der Waals surface area contributed by atoms with E-state index < -0.39 is 0 Å². The summed E-state index contributed by atoms with van der Waals surface area (Å²) >= 11 is 0. The van der Waals surface area contributed by atoms with Gasteiger partial charge in [-0.1, -0.05) is 17.7 Å². The molecule has 0 saturated heterocycles. The Morgan fingerprint density at radius 3 is 2.24 bits per heavy atom. The fourth-order valence-electron chi connectivity index (χ4n) is 2.91. The Hall–Kier alpha value is -1.57. The van der Waals surface area contributed by atoms with Crippen molar-refractivity contribution in [3.63, 3.8) is 0 Å². The highest BCUT2D eigenvalue weighted by Gasteiger charge is 2.24. The number of aliphatic hydroxyl groups is 1. The number of hydrogen-bond acceptors (Lipinski definition) is 2. The zero-order valence-electron chi connectivity index (χ0n) is 10.6. The van der Waals surface area contributed by atoms with Crippen molar-refractivity contribution in [2.24, 2.45) is 0 Å². The summed E-state index contributed by atoms with van der Waals surface area (Å²) in [6.45, 7) is 6.23. The minimum absolute atomic E-state index is 0.0260. The quantitative estimate of drug-likeness (QED) is 0.801. The normalized spacial score (nSPS) is 20.3. The first-order valence-electron chi connectivity index (χ1n) is 5.97. The Balaban J connectivity index is 2.42. The van der Waals surface area contributed by atoms with Crippen LogP contribution in [0.15, 0.2) is 24.0 Å². The molecule has 0 heterocycles. The highest BCUT2D eigenvalue weighted by Crippen LogP contribution is 2.34. The molecule has 0 aromatic heterocycles. The van der Waals surface area contributed by atoms with Crippen LogP contribution in [0, 0.1) is 20.8 Å². The molecule has 1 aliphatic carbocycles. The van der Waals surface area contributed by atoms with Crippen molar-refractivity contribution in [2.75, 3.05) is 0 Å². The Morgan fingerprint density at radius 1 is 1.12 bits per heavy atom.